The number of nitrogens with one attached hydrogen (secondary N) is 1. The number of rotatable bonds is 4. The third kappa shape index (κ3) is 4.32. The fourth-order valence-corrected chi connectivity index (χ4v) is 3.26. The Kier molecular flexibility index (Phi) is 5.13. The van der Waals surface area contributed by atoms with Crippen molar-refractivity contribution >= 4 is 23.5 Å². The highest BCUT2D eigenvalue weighted by molar-refractivity contribution is 7.99. The standard InChI is InChI=1S/C20H22N4OS/c1-14-13-17(24(23-14)20(2,3)4)22-19(25)15-8-10-16(11-9-15)26-18-7-5-6-12-21-18/h5-13H,1-4H3,(H,22,25). The third-order valence-corrected chi connectivity index (χ3v) is 4.64. The molecule has 0 spiro atoms. The lowest BCUT2D eigenvalue weighted by Gasteiger charge is -2.22. The minimum atomic E-state index is -0.208. The molecule has 2 aromatic heterocycles. The van der Waals surface area contributed by atoms with Crippen molar-refractivity contribution in [3.8, 4) is 0 Å². The first-order valence-corrected chi connectivity index (χ1v) is 9.22. The molecular weight excluding hydrogens is 344 g/mol. The van der Waals surface area contributed by atoms with Gasteiger partial charge in [-0.25, -0.2) is 9.67 Å². The molecule has 134 valence electrons. The highest BCUT2D eigenvalue weighted by Gasteiger charge is 2.20. The number of carbonyl (C=O) groups excluding carboxylic acids is 1. The number of hydrogen-bond donors (Lipinski definition) is 1. The van der Waals surface area contributed by atoms with Crippen LogP contribution in [0.25, 0.3) is 0 Å². The van der Waals surface area contributed by atoms with E-state index in [2.05, 4.69) is 36.2 Å². The summed E-state index contributed by atoms with van der Waals surface area (Å²) in [6.07, 6.45) is 1.77. The van der Waals surface area contributed by atoms with E-state index in [1.807, 2.05) is 60.1 Å². The van der Waals surface area contributed by atoms with Crippen LogP contribution in [0.1, 0.15) is 36.8 Å². The van der Waals surface area contributed by atoms with Crippen molar-refractivity contribution in [1.82, 2.24) is 14.8 Å². The van der Waals surface area contributed by atoms with Crippen molar-refractivity contribution in [3.05, 3.63) is 66.0 Å². The van der Waals surface area contributed by atoms with Crippen LogP contribution in [0.15, 0.2) is 64.6 Å². The van der Waals surface area contributed by atoms with E-state index in [4.69, 9.17) is 0 Å². The number of carbonyl (C=O) groups is 1. The van der Waals surface area contributed by atoms with Gasteiger partial charge >= 0.3 is 0 Å². The molecule has 0 aliphatic heterocycles. The van der Waals surface area contributed by atoms with Crippen LogP contribution in [0, 0.1) is 6.92 Å². The Labute approximate surface area is 157 Å². The molecule has 1 aromatic carbocycles. The van der Waals surface area contributed by atoms with Crippen LogP contribution >= 0.6 is 11.8 Å². The van der Waals surface area contributed by atoms with E-state index in [9.17, 15) is 4.79 Å². The van der Waals surface area contributed by atoms with Crippen molar-refractivity contribution in [1.29, 1.82) is 0 Å². The van der Waals surface area contributed by atoms with E-state index in [0.29, 0.717) is 11.4 Å². The molecule has 5 nitrogen and oxygen atoms in total. The van der Waals surface area contributed by atoms with Crippen LogP contribution in [0.3, 0.4) is 0 Å². The van der Waals surface area contributed by atoms with Gasteiger partial charge < -0.3 is 5.32 Å². The van der Waals surface area contributed by atoms with Gasteiger partial charge in [0.2, 0.25) is 0 Å². The molecule has 2 heterocycles. The van der Waals surface area contributed by atoms with Crippen LogP contribution in [0.2, 0.25) is 0 Å². The highest BCUT2D eigenvalue weighted by atomic mass is 32.2. The third-order valence-electron chi connectivity index (χ3n) is 3.69. The van der Waals surface area contributed by atoms with Gasteiger partial charge in [0, 0.05) is 22.7 Å². The molecule has 1 N–H and O–H groups in total. The number of benzene rings is 1. The number of pyridine rings is 1. The number of aryl methyl sites for hydroxylation is 1. The summed E-state index contributed by atoms with van der Waals surface area (Å²) in [6.45, 7) is 8.08. The van der Waals surface area contributed by atoms with Crippen molar-refractivity contribution < 1.29 is 4.79 Å². The van der Waals surface area contributed by atoms with Crippen molar-refractivity contribution in [2.75, 3.05) is 5.32 Å². The summed E-state index contributed by atoms with van der Waals surface area (Å²) < 4.78 is 1.84. The summed E-state index contributed by atoms with van der Waals surface area (Å²) in [6, 6.07) is 15.2. The van der Waals surface area contributed by atoms with Crippen LogP contribution in [-0.4, -0.2) is 20.7 Å². The quantitative estimate of drug-likeness (QED) is 0.724. The molecule has 0 saturated heterocycles. The van der Waals surface area contributed by atoms with Crippen molar-refractivity contribution in [2.24, 2.45) is 0 Å². The molecule has 0 bridgehead atoms. The molecular formula is C20H22N4OS. The van der Waals surface area contributed by atoms with Gasteiger partial charge in [-0.15, -0.1) is 0 Å². The number of aromatic nitrogens is 3. The molecule has 0 radical (unpaired) electrons. The van der Waals surface area contributed by atoms with Gasteiger partial charge in [0.25, 0.3) is 5.91 Å². The van der Waals surface area contributed by atoms with Crippen molar-refractivity contribution in [2.45, 2.75) is 43.2 Å². The molecule has 0 saturated carbocycles. The van der Waals surface area contributed by atoms with Crippen LogP contribution in [-0.2, 0) is 5.54 Å². The minimum absolute atomic E-state index is 0.148. The predicted molar refractivity (Wildman–Crippen MR) is 105 cm³/mol. The SMILES string of the molecule is Cc1cc(NC(=O)c2ccc(Sc3ccccn3)cc2)n(C(C)(C)C)n1. The first-order chi connectivity index (χ1) is 12.3. The summed E-state index contributed by atoms with van der Waals surface area (Å²) in [4.78, 5) is 17.9. The number of nitrogens with zero attached hydrogens (tertiary/aromatic N) is 3. The van der Waals surface area contributed by atoms with E-state index in [0.717, 1.165) is 15.6 Å². The Bertz CT molecular complexity index is 896. The zero-order valence-electron chi connectivity index (χ0n) is 15.4. The lowest BCUT2D eigenvalue weighted by Crippen LogP contribution is -2.26. The molecule has 0 aliphatic carbocycles. The van der Waals surface area contributed by atoms with Gasteiger partial charge in [0.05, 0.1) is 11.2 Å². The maximum Gasteiger partial charge on any atom is 0.256 e. The average Bonchev–Trinajstić information content (AvgIpc) is 2.97. The molecule has 3 aromatic rings. The molecule has 26 heavy (non-hydrogen) atoms. The molecule has 0 aliphatic rings. The fraction of sp³-hybridized carbons (Fsp3) is 0.250. The first-order valence-electron chi connectivity index (χ1n) is 8.40. The first kappa shape index (κ1) is 18.2. The lowest BCUT2D eigenvalue weighted by molar-refractivity contribution is 0.102. The topological polar surface area (TPSA) is 59.8 Å². The van der Waals surface area contributed by atoms with Crippen LogP contribution in [0.4, 0.5) is 5.82 Å². The van der Waals surface area contributed by atoms with Crippen LogP contribution in [0.5, 0.6) is 0 Å². The summed E-state index contributed by atoms with van der Waals surface area (Å²) in [5, 5.41) is 8.37. The Morgan fingerprint density at radius 2 is 1.85 bits per heavy atom. The van der Waals surface area contributed by atoms with Crippen LogP contribution < -0.4 is 5.32 Å². The molecule has 3 rings (SSSR count). The Morgan fingerprint density at radius 3 is 2.46 bits per heavy atom. The van der Waals surface area contributed by atoms with E-state index < -0.39 is 0 Å². The number of anilines is 1. The monoisotopic (exact) mass is 366 g/mol. The fourth-order valence-electron chi connectivity index (χ4n) is 2.49. The predicted octanol–water partition coefficient (Wildman–Crippen LogP) is 4.75. The summed E-state index contributed by atoms with van der Waals surface area (Å²) in [5.74, 6) is 0.553. The molecule has 0 fully saturated rings. The van der Waals surface area contributed by atoms with Gasteiger partial charge in [0.1, 0.15) is 10.8 Å². The second-order valence-electron chi connectivity index (χ2n) is 7.00. The maximum atomic E-state index is 12.6. The summed E-state index contributed by atoms with van der Waals surface area (Å²) >= 11 is 1.56. The zero-order valence-corrected chi connectivity index (χ0v) is 16.2. The Morgan fingerprint density at radius 1 is 1.12 bits per heavy atom. The van der Waals surface area contributed by atoms with E-state index in [1.165, 1.54) is 0 Å². The second-order valence-corrected chi connectivity index (χ2v) is 8.10. The van der Waals surface area contributed by atoms with Gasteiger partial charge in [-0.05, 0) is 64.1 Å². The van der Waals surface area contributed by atoms with Gasteiger partial charge in [-0.3, -0.25) is 4.79 Å². The second kappa shape index (κ2) is 7.33. The largest absolute Gasteiger partial charge is 0.307 e. The normalized spacial score (nSPS) is 11.4. The highest BCUT2D eigenvalue weighted by Crippen LogP contribution is 2.26. The van der Waals surface area contributed by atoms with Gasteiger partial charge in [-0.1, -0.05) is 17.8 Å². The molecule has 1 amide bonds. The van der Waals surface area contributed by atoms with E-state index >= 15 is 0 Å². The Hall–Kier alpha value is -2.60. The Balaban J connectivity index is 1.73. The number of hydrogen-bond acceptors (Lipinski definition) is 4. The smallest absolute Gasteiger partial charge is 0.256 e. The molecule has 6 heteroatoms. The van der Waals surface area contributed by atoms with Gasteiger partial charge in [-0.2, -0.15) is 5.10 Å². The summed E-state index contributed by atoms with van der Waals surface area (Å²) in [7, 11) is 0. The van der Waals surface area contributed by atoms with Gasteiger partial charge in [0.15, 0.2) is 0 Å². The zero-order chi connectivity index (χ0) is 18.7. The van der Waals surface area contributed by atoms with E-state index in [1.54, 1.807) is 18.0 Å². The van der Waals surface area contributed by atoms with Crippen molar-refractivity contribution in [3.63, 3.8) is 0 Å². The maximum absolute atomic E-state index is 12.6. The summed E-state index contributed by atoms with van der Waals surface area (Å²) in [5.41, 5.74) is 1.27. The lowest BCUT2D eigenvalue weighted by atomic mass is 10.1. The van der Waals surface area contributed by atoms with E-state index in [-0.39, 0.29) is 11.4 Å². The number of amides is 1. The molecule has 0 unspecified atom stereocenters. The average molecular weight is 366 g/mol. The minimum Gasteiger partial charge on any atom is -0.307 e. The molecule has 0 atom stereocenters.